The Bertz CT molecular complexity index is 411. The van der Waals surface area contributed by atoms with Crippen LogP contribution in [0.25, 0.3) is 0 Å². The largest absolute Gasteiger partial charge is 0.507 e. The molecule has 1 aliphatic rings. The molecule has 1 fully saturated rings. The lowest BCUT2D eigenvalue weighted by molar-refractivity contribution is 0.168. The van der Waals surface area contributed by atoms with Crippen LogP contribution in [-0.4, -0.2) is 35.7 Å². The average molecular weight is 313 g/mol. The maximum Gasteiger partial charge on any atom is 0.129 e. The van der Waals surface area contributed by atoms with E-state index in [1.807, 2.05) is 12.1 Å². The van der Waals surface area contributed by atoms with Gasteiger partial charge in [0.15, 0.2) is 0 Å². The van der Waals surface area contributed by atoms with Crippen LogP contribution in [-0.2, 0) is 6.54 Å². The molecule has 0 aromatic heterocycles. The lowest BCUT2D eigenvalue weighted by Crippen LogP contribution is -2.45. The highest BCUT2D eigenvalue weighted by Gasteiger charge is 2.22. The molecule has 0 aliphatic carbocycles. The van der Waals surface area contributed by atoms with Crippen molar-refractivity contribution in [3.8, 4) is 5.75 Å². The number of aromatic hydroxyl groups is 1. The summed E-state index contributed by atoms with van der Waals surface area (Å²) in [6.07, 6.45) is 2.41. The van der Waals surface area contributed by atoms with Gasteiger partial charge in [-0.1, -0.05) is 6.07 Å². The minimum absolute atomic E-state index is 0.298. The molecule has 2 unspecified atom stereocenters. The zero-order valence-corrected chi connectivity index (χ0v) is 12.6. The number of phenolic OH excluding ortho intramolecular Hbond substituents is 1. The fraction of sp³-hybridized carbons (Fsp3) is 0.571. The van der Waals surface area contributed by atoms with Crippen LogP contribution in [0, 0.1) is 0 Å². The third-order valence-corrected chi connectivity index (χ3v) is 4.45. The molecule has 0 bridgehead atoms. The molecule has 1 aliphatic heterocycles. The topological polar surface area (TPSA) is 35.5 Å². The predicted octanol–water partition coefficient (Wildman–Crippen LogP) is 2.73. The molecule has 1 heterocycles. The minimum atomic E-state index is 0.298. The second kappa shape index (κ2) is 6.04. The predicted molar refractivity (Wildman–Crippen MR) is 77.8 cm³/mol. The molecule has 0 spiro atoms. The Kier molecular flexibility index (Phi) is 4.65. The van der Waals surface area contributed by atoms with Gasteiger partial charge in [0.1, 0.15) is 5.75 Å². The highest BCUT2D eigenvalue weighted by molar-refractivity contribution is 9.10. The van der Waals surface area contributed by atoms with E-state index in [1.54, 1.807) is 6.07 Å². The summed E-state index contributed by atoms with van der Waals surface area (Å²) < 4.78 is 0.763. The Balaban J connectivity index is 1.86. The monoisotopic (exact) mass is 312 g/mol. The maximum absolute atomic E-state index is 9.45. The third-order valence-electron chi connectivity index (χ3n) is 3.82. The summed E-state index contributed by atoms with van der Waals surface area (Å²) in [6, 6.07) is 6.93. The zero-order chi connectivity index (χ0) is 13.1. The van der Waals surface area contributed by atoms with Gasteiger partial charge in [0.05, 0.1) is 4.47 Å². The standard InChI is InChI=1S/C14H21BrN2O/c1-10-7-12(5-6-17(10)2)16-9-11-3-4-14(18)13(15)8-11/h3-4,8,10,12,16,18H,5-7,9H2,1-2H3. The fourth-order valence-corrected chi connectivity index (χ4v) is 2.82. The summed E-state index contributed by atoms with van der Waals surface area (Å²) in [4.78, 5) is 2.41. The Morgan fingerprint density at radius 3 is 2.94 bits per heavy atom. The molecule has 1 saturated heterocycles. The molecular formula is C14H21BrN2O. The average Bonchev–Trinajstić information content (AvgIpc) is 2.35. The first-order chi connectivity index (χ1) is 8.56. The molecule has 0 amide bonds. The summed E-state index contributed by atoms with van der Waals surface area (Å²) in [5.41, 5.74) is 1.20. The van der Waals surface area contributed by atoms with E-state index < -0.39 is 0 Å². The van der Waals surface area contributed by atoms with Crippen molar-refractivity contribution >= 4 is 15.9 Å². The molecule has 100 valence electrons. The molecule has 1 aromatic carbocycles. The number of hydrogen-bond acceptors (Lipinski definition) is 3. The lowest BCUT2D eigenvalue weighted by atomic mass is 9.99. The first-order valence-electron chi connectivity index (χ1n) is 6.47. The van der Waals surface area contributed by atoms with Crippen LogP contribution in [0.3, 0.4) is 0 Å². The molecule has 3 nitrogen and oxygen atoms in total. The normalized spacial score (nSPS) is 25.3. The van der Waals surface area contributed by atoms with Crippen LogP contribution >= 0.6 is 15.9 Å². The van der Waals surface area contributed by atoms with Crippen LogP contribution in [0.4, 0.5) is 0 Å². The number of rotatable bonds is 3. The van der Waals surface area contributed by atoms with Crippen molar-refractivity contribution < 1.29 is 5.11 Å². The van der Waals surface area contributed by atoms with Crippen molar-refractivity contribution in [2.75, 3.05) is 13.6 Å². The van der Waals surface area contributed by atoms with E-state index in [2.05, 4.69) is 40.1 Å². The van der Waals surface area contributed by atoms with Gasteiger partial charge < -0.3 is 15.3 Å². The van der Waals surface area contributed by atoms with Gasteiger partial charge in [-0.05, 0) is 67.0 Å². The molecular weight excluding hydrogens is 292 g/mol. The van der Waals surface area contributed by atoms with Gasteiger partial charge in [0.2, 0.25) is 0 Å². The summed E-state index contributed by atoms with van der Waals surface area (Å²) >= 11 is 3.35. The van der Waals surface area contributed by atoms with Gasteiger partial charge in [-0.2, -0.15) is 0 Å². The number of benzene rings is 1. The van der Waals surface area contributed by atoms with Crippen LogP contribution < -0.4 is 5.32 Å². The van der Waals surface area contributed by atoms with E-state index in [1.165, 1.54) is 18.4 Å². The number of phenols is 1. The Labute approximate surface area is 117 Å². The molecule has 0 radical (unpaired) electrons. The van der Waals surface area contributed by atoms with Crippen LogP contribution in [0.1, 0.15) is 25.3 Å². The molecule has 2 N–H and O–H groups in total. The summed E-state index contributed by atoms with van der Waals surface area (Å²) in [7, 11) is 2.19. The first-order valence-corrected chi connectivity index (χ1v) is 7.26. The molecule has 2 atom stereocenters. The summed E-state index contributed by atoms with van der Waals surface area (Å²) in [5, 5.41) is 13.1. The maximum atomic E-state index is 9.45. The van der Waals surface area contributed by atoms with E-state index >= 15 is 0 Å². The number of nitrogens with one attached hydrogen (secondary N) is 1. The molecule has 4 heteroatoms. The highest BCUT2D eigenvalue weighted by Crippen LogP contribution is 2.24. The zero-order valence-electron chi connectivity index (χ0n) is 11.0. The summed E-state index contributed by atoms with van der Waals surface area (Å²) in [6.45, 7) is 4.31. The number of piperidine rings is 1. The highest BCUT2D eigenvalue weighted by atomic mass is 79.9. The van der Waals surface area contributed by atoms with E-state index in [9.17, 15) is 5.11 Å². The quantitative estimate of drug-likeness (QED) is 0.901. The second-order valence-corrected chi connectivity index (χ2v) is 6.07. The van der Waals surface area contributed by atoms with Crippen molar-refractivity contribution in [3.05, 3.63) is 28.2 Å². The van der Waals surface area contributed by atoms with Crippen LogP contribution in [0.5, 0.6) is 5.75 Å². The van der Waals surface area contributed by atoms with E-state index in [4.69, 9.17) is 0 Å². The Morgan fingerprint density at radius 2 is 2.28 bits per heavy atom. The van der Waals surface area contributed by atoms with Crippen molar-refractivity contribution in [2.24, 2.45) is 0 Å². The van der Waals surface area contributed by atoms with Gasteiger partial charge in [-0.3, -0.25) is 0 Å². The number of halogens is 1. The van der Waals surface area contributed by atoms with Crippen molar-refractivity contribution in [2.45, 2.75) is 38.4 Å². The second-order valence-electron chi connectivity index (χ2n) is 5.22. The van der Waals surface area contributed by atoms with E-state index in [0.717, 1.165) is 17.6 Å². The minimum Gasteiger partial charge on any atom is -0.507 e. The van der Waals surface area contributed by atoms with E-state index in [0.29, 0.717) is 17.8 Å². The van der Waals surface area contributed by atoms with Crippen LogP contribution in [0.2, 0.25) is 0 Å². The van der Waals surface area contributed by atoms with Gasteiger partial charge in [0.25, 0.3) is 0 Å². The van der Waals surface area contributed by atoms with Gasteiger partial charge in [-0.25, -0.2) is 0 Å². The lowest BCUT2D eigenvalue weighted by Gasteiger charge is -2.35. The van der Waals surface area contributed by atoms with Crippen molar-refractivity contribution in [1.29, 1.82) is 0 Å². The van der Waals surface area contributed by atoms with E-state index in [-0.39, 0.29) is 0 Å². The Morgan fingerprint density at radius 1 is 1.50 bits per heavy atom. The van der Waals surface area contributed by atoms with Crippen molar-refractivity contribution in [1.82, 2.24) is 10.2 Å². The fourth-order valence-electron chi connectivity index (χ4n) is 2.40. The van der Waals surface area contributed by atoms with Gasteiger partial charge in [-0.15, -0.1) is 0 Å². The smallest absolute Gasteiger partial charge is 0.129 e. The number of likely N-dealkylation sites (tertiary alicyclic amines) is 1. The van der Waals surface area contributed by atoms with Crippen LogP contribution in [0.15, 0.2) is 22.7 Å². The number of nitrogens with zero attached hydrogens (tertiary/aromatic N) is 1. The number of hydrogen-bond donors (Lipinski definition) is 2. The van der Waals surface area contributed by atoms with Gasteiger partial charge in [0, 0.05) is 18.6 Å². The molecule has 2 rings (SSSR count). The van der Waals surface area contributed by atoms with Gasteiger partial charge >= 0.3 is 0 Å². The SMILES string of the molecule is CC1CC(NCc2ccc(O)c(Br)c2)CCN1C. The molecule has 18 heavy (non-hydrogen) atoms. The first kappa shape index (κ1) is 13.8. The van der Waals surface area contributed by atoms with Crippen molar-refractivity contribution in [3.63, 3.8) is 0 Å². The summed E-state index contributed by atoms with van der Waals surface area (Å²) in [5.74, 6) is 0.298. The third kappa shape index (κ3) is 3.46. The Hall–Kier alpha value is -0.580. The molecule has 0 saturated carbocycles. The molecule has 1 aromatic rings.